The summed E-state index contributed by atoms with van der Waals surface area (Å²) in [4.78, 5) is 22.0. The zero-order valence-corrected chi connectivity index (χ0v) is 39.8. The third-order valence-corrected chi connectivity index (χ3v) is 12.1. The molecule has 9 nitrogen and oxygen atoms in total. The van der Waals surface area contributed by atoms with E-state index in [0.717, 1.165) is 61.1 Å². The van der Waals surface area contributed by atoms with Gasteiger partial charge in [-0.3, -0.25) is 9.59 Å². The Kier molecular flexibility index (Phi) is 20.9. The molecule has 4 aromatic carbocycles. The van der Waals surface area contributed by atoms with E-state index in [2.05, 4.69) is 125 Å². The fourth-order valence-corrected chi connectivity index (χ4v) is 8.48. The number of fused-ring (bicyclic) bond motifs is 2. The van der Waals surface area contributed by atoms with Gasteiger partial charge >= 0.3 is 41.5 Å². The number of esters is 1. The van der Waals surface area contributed by atoms with Crippen molar-refractivity contribution >= 4 is 33.5 Å². The summed E-state index contributed by atoms with van der Waals surface area (Å²) in [5, 5.41) is 19.9. The number of ether oxygens (including phenoxy) is 3. The molecule has 0 unspecified atom stereocenters. The van der Waals surface area contributed by atoms with Crippen LogP contribution in [-0.2, 0) is 27.4 Å². The van der Waals surface area contributed by atoms with Crippen molar-refractivity contribution in [3.8, 4) is 11.5 Å². The van der Waals surface area contributed by atoms with Crippen LogP contribution in [0.4, 0.5) is 0 Å². The van der Waals surface area contributed by atoms with E-state index in [4.69, 9.17) is 19.3 Å². The van der Waals surface area contributed by atoms with Gasteiger partial charge in [-0.1, -0.05) is 77.9 Å². The van der Waals surface area contributed by atoms with Gasteiger partial charge in [0.25, 0.3) is 0 Å². The van der Waals surface area contributed by atoms with E-state index in [0.29, 0.717) is 55.7 Å². The molecule has 6 rings (SSSR count). The molecule has 2 aliphatic carbocycles. The first-order valence-corrected chi connectivity index (χ1v) is 21.8. The molecule has 0 aliphatic heterocycles. The first-order valence-electron chi connectivity index (χ1n) is 21.8. The van der Waals surface area contributed by atoms with Crippen LogP contribution in [-0.4, -0.2) is 54.4 Å². The summed E-state index contributed by atoms with van der Waals surface area (Å²) in [7, 11) is 0. The van der Waals surface area contributed by atoms with E-state index in [-0.39, 0.29) is 47.4 Å². The molecule has 0 amide bonds. The van der Waals surface area contributed by atoms with Gasteiger partial charge in [0.05, 0.1) is 31.7 Å². The summed E-state index contributed by atoms with van der Waals surface area (Å²) in [6.45, 7) is 18.9. The first kappa shape index (κ1) is 51.2. The van der Waals surface area contributed by atoms with E-state index in [1.165, 1.54) is 52.8 Å². The van der Waals surface area contributed by atoms with Crippen LogP contribution in [0.15, 0.2) is 72.8 Å². The van der Waals surface area contributed by atoms with Crippen molar-refractivity contribution in [2.75, 3.05) is 19.7 Å². The molecule has 60 heavy (non-hydrogen) atoms. The monoisotopic (exact) mass is 835 g/mol. The van der Waals surface area contributed by atoms with Crippen molar-refractivity contribution < 1.29 is 63.9 Å². The summed E-state index contributed by atoms with van der Waals surface area (Å²) in [5.41, 5.74) is 3.17. The van der Waals surface area contributed by atoms with Crippen molar-refractivity contribution in [3.63, 3.8) is 0 Å². The van der Waals surface area contributed by atoms with E-state index >= 15 is 0 Å². The summed E-state index contributed by atoms with van der Waals surface area (Å²) in [5.74, 6) is 2.61. The molecule has 0 atom stereocenters. The third kappa shape index (κ3) is 16.6. The van der Waals surface area contributed by atoms with Crippen LogP contribution in [0, 0.1) is 22.7 Å². The van der Waals surface area contributed by atoms with E-state index in [1.54, 1.807) is 0 Å². The minimum absolute atomic E-state index is 0. The average molecular weight is 835 g/mol. The second-order valence-corrected chi connectivity index (χ2v) is 18.7. The van der Waals surface area contributed by atoms with Crippen LogP contribution in [0.5, 0.6) is 11.5 Å². The molecule has 2 aliphatic rings. The van der Waals surface area contributed by atoms with Crippen molar-refractivity contribution in [3.05, 3.63) is 83.9 Å². The van der Waals surface area contributed by atoms with Gasteiger partial charge in [0.2, 0.25) is 0 Å². The smallest absolute Gasteiger partial charge is 0.870 e. The predicted molar refractivity (Wildman–Crippen MR) is 238 cm³/mol. The molecule has 0 heterocycles. The van der Waals surface area contributed by atoms with Crippen molar-refractivity contribution in [1.29, 1.82) is 0 Å². The molecule has 0 aromatic heterocycles. The van der Waals surface area contributed by atoms with E-state index in [9.17, 15) is 9.59 Å². The summed E-state index contributed by atoms with van der Waals surface area (Å²) in [6, 6.07) is 25.6. The number of carboxylic acid groups (broad SMARTS) is 1. The number of rotatable bonds is 15. The molecule has 0 bridgehead atoms. The molecular formula is C50H71N2NaO7. The second kappa shape index (κ2) is 24.5. The third-order valence-electron chi connectivity index (χ3n) is 12.1. The molecule has 2 saturated carbocycles. The number of aliphatic carboxylic acids is 1. The number of carbonyl (C=O) groups is 2. The molecule has 0 radical (unpaired) electrons. The van der Waals surface area contributed by atoms with Gasteiger partial charge in [0.15, 0.2) is 0 Å². The number of benzene rings is 4. The predicted octanol–water partition coefficient (Wildman–Crippen LogP) is 8.08. The Bertz CT molecular complexity index is 1920. The zero-order chi connectivity index (χ0) is 41.7. The maximum atomic E-state index is 11.4. The minimum atomic E-state index is -0.773. The quantitative estimate of drug-likeness (QED) is 0.0617. The SMILES string of the molecule is CC(C)(C)C1CCC(Oc2ccc3cc(CNCCC(=O)O)ccc3c2)CC1.CCOC(=O)CCNCc1ccc2cc(OC3CCC(C(C)(C)C)CC3)ccc2c1.[Na+].[OH-]. The van der Waals surface area contributed by atoms with Crippen LogP contribution in [0.2, 0.25) is 0 Å². The number of hydrogen-bond donors (Lipinski definition) is 3. The number of nitrogens with one attached hydrogen (secondary N) is 2. The van der Waals surface area contributed by atoms with E-state index in [1.807, 2.05) is 6.92 Å². The average Bonchev–Trinajstić information content (AvgIpc) is 3.18. The van der Waals surface area contributed by atoms with Crippen LogP contribution >= 0.6 is 0 Å². The Labute approximate surface area is 381 Å². The van der Waals surface area contributed by atoms with Crippen LogP contribution in [0.3, 0.4) is 0 Å². The number of hydrogen-bond acceptors (Lipinski definition) is 8. The van der Waals surface area contributed by atoms with Crippen LogP contribution in [0.1, 0.15) is 124 Å². The van der Waals surface area contributed by atoms with E-state index < -0.39 is 5.97 Å². The molecule has 4 N–H and O–H groups in total. The summed E-state index contributed by atoms with van der Waals surface area (Å²) >= 11 is 0. The fraction of sp³-hybridized carbons (Fsp3) is 0.560. The number of carbonyl (C=O) groups excluding carboxylic acids is 1. The van der Waals surface area contributed by atoms with Gasteiger partial charge in [0, 0.05) is 26.2 Å². The van der Waals surface area contributed by atoms with Gasteiger partial charge in [-0.25, -0.2) is 0 Å². The maximum absolute atomic E-state index is 11.4. The minimum Gasteiger partial charge on any atom is -0.870 e. The Morgan fingerprint density at radius 2 is 0.983 bits per heavy atom. The molecule has 4 aromatic rings. The van der Waals surface area contributed by atoms with Crippen molar-refractivity contribution in [2.24, 2.45) is 22.7 Å². The Morgan fingerprint density at radius 1 is 0.600 bits per heavy atom. The van der Waals surface area contributed by atoms with Gasteiger partial charge in [-0.2, -0.15) is 0 Å². The van der Waals surface area contributed by atoms with Gasteiger partial charge < -0.3 is 35.4 Å². The molecule has 0 spiro atoms. The Balaban J connectivity index is 0.000000311. The molecule has 10 heteroatoms. The fourth-order valence-electron chi connectivity index (χ4n) is 8.48. The van der Waals surface area contributed by atoms with Crippen LogP contribution in [0.25, 0.3) is 21.5 Å². The molecular weight excluding hydrogens is 764 g/mol. The Morgan fingerprint density at radius 3 is 1.37 bits per heavy atom. The first-order chi connectivity index (χ1) is 27.7. The van der Waals surface area contributed by atoms with Gasteiger partial charge in [-0.15, -0.1) is 0 Å². The van der Waals surface area contributed by atoms with Gasteiger partial charge in [0.1, 0.15) is 11.5 Å². The van der Waals surface area contributed by atoms with Crippen molar-refractivity contribution in [2.45, 2.75) is 138 Å². The maximum Gasteiger partial charge on any atom is 1.00 e. The number of carboxylic acids is 1. The van der Waals surface area contributed by atoms with Crippen LogP contribution < -0.4 is 49.7 Å². The topological polar surface area (TPSA) is 136 Å². The van der Waals surface area contributed by atoms with Crippen molar-refractivity contribution in [1.82, 2.24) is 10.6 Å². The standard InChI is InChI=1S/C26H37NO3.C24H33NO3.Na.H2O/c1-5-29-25(28)14-15-27-18-19-6-7-21-17-24(11-8-20(21)16-19)30-23-12-9-22(10-13-23)26(2,3)4;1-24(2,3)20-7-10-21(11-8-20)28-22-9-6-18-14-17(4-5-19(18)15-22)16-25-13-12-23(26)27;;/h6-8,11,16-17,22-23,27H,5,9-10,12-15,18H2,1-4H3;4-6,9,14-15,20-21,25H,7-8,10-13,16H2,1-3H3,(H,26,27);;1H2/q;;+1;/p-1. The largest absolute Gasteiger partial charge is 1.00 e. The summed E-state index contributed by atoms with van der Waals surface area (Å²) < 4.78 is 17.6. The molecule has 324 valence electrons. The molecule has 2 fully saturated rings. The van der Waals surface area contributed by atoms with Gasteiger partial charge in [-0.05, 0) is 150 Å². The normalized spacial score (nSPS) is 19.2. The second-order valence-electron chi connectivity index (χ2n) is 18.7. The summed E-state index contributed by atoms with van der Waals surface area (Å²) in [6.07, 6.45) is 10.8. The zero-order valence-electron chi connectivity index (χ0n) is 37.8. The Hall–Kier alpha value is -3.18. The molecule has 0 saturated heterocycles.